The van der Waals surface area contributed by atoms with Crippen molar-refractivity contribution >= 4 is 11.6 Å². The Morgan fingerprint density at radius 2 is 2.23 bits per heavy atom. The highest BCUT2D eigenvalue weighted by Crippen LogP contribution is 2.21. The van der Waals surface area contributed by atoms with Gasteiger partial charge in [-0.15, -0.1) is 11.6 Å². The van der Waals surface area contributed by atoms with Crippen molar-refractivity contribution in [3.05, 3.63) is 29.1 Å². The second-order valence-corrected chi connectivity index (χ2v) is 2.75. The van der Waals surface area contributed by atoms with E-state index in [2.05, 4.69) is 4.98 Å². The summed E-state index contributed by atoms with van der Waals surface area (Å²) in [6, 6.07) is 1.43. The highest BCUT2D eigenvalue weighted by molar-refractivity contribution is 6.17. The van der Waals surface area contributed by atoms with Gasteiger partial charge in [0.05, 0.1) is 6.61 Å². The lowest BCUT2D eigenvalue weighted by Gasteiger charge is -2.06. The Labute approximate surface area is 79.2 Å². The predicted molar refractivity (Wildman–Crippen MR) is 44.7 cm³/mol. The Kier molecular flexibility index (Phi) is 3.57. The van der Waals surface area contributed by atoms with Gasteiger partial charge in [-0.3, -0.25) is 4.98 Å². The predicted octanol–water partition coefficient (Wildman–Crippen LogP) is 2.25. The number of halogens is 3. The van der Waals surface area contributed by atoms with E-state index in [1.165, 1.54) is 12.3 Å². The normalized spacial score (nSPS) is 10.8. The van der Waals surface area contributed by atoms with Crippen LogP contribution in [0.5, 0.6) is 0 Å². The van der Waals surface area contributed by atoms with Gasteiger partial charge in [-0.05, 0) is 11.6 Å². The van der Waals surface area contributed by atoms with Crippen molar-refractivity contribution in [2.45, 2.75) is 18.9 Å². The largest absolute Gasteiger partial charge is 0.392 e. The van der Waals surface area contributed by atoms with Gasteiger partial charge in [0.1, 0.15) is 5.69 Å². The molecule has 1 N–H and O–H groups in total. The Morgan fingerprint density at radius 1 is 1.54 bits per heavy atom. The lowest BCUT2D eigenvalue weighted by molar-refractivity contribution is 0.141. The molecule has 0 bridgehead atoms. The lowest BCUT2D eigenvalue weighted by atomic mass is 10.1. The van der Waals surface area contributed by atoms with Crippen molar-refractivity contribution in [3.8, 4) is 0 Å². The van der Waals surface area contributed by atoms with Crippen LogP contribution in [-0.2, 0) is 12.5 Å². The summed E-state index contributed by atoms with van der Waals surface area (Å²) in [6.45, 7) is -0.447. The molecule has 0 aliphatic carbocycles. The van der Waals surface area contributed by atoms with Crippen LogP contribution in [0.4, 0.5) is 8.78 Å². The van der Waals surface area contributed by atoms with Crippen LogP contribution in [-0.4, -0.2) is 10.1 Å². The van der Waals surface area contributed by atoms with Gasteiger partial charge in [0.15, 0.2) is 0 Å². The zero-order valence-electron chi connectivity index (χ0n) is 6.67. The fourth-order valence-electron chi connectivity index (χ4n) is 0.967. The van der Waals surface area contributed by atoms with Gasteiger partial charge in [0.2, 0.25) is 0 Å². The number of rotatable bonds is 3. The van der Waals surface area contributed by atoms with Gasteiger partial charge in [-0.1, -0.05) is 0 Å². The van der Waals surface area contributed by atoms with Crippen molar-refractivity contribution < 1.29 is 13.9 Å². The van der Waals surface area contributed by atoms with E-state index in [1.54, 1.807) is 0 Å². The SMILES string of the molecule is OCc1cc(CCl)cnc1C(F)F. The van der Waals surface area contributed by atoms with Crippen LogP contribution in [0.15, 0.2) is 12.3 Å². The van der Waals surface area contributed by atoms with Crippen LogP contribution in [0.2, 0.25) is 0 Å². The summed E-state index contributed by atoms with van der Waals surface area (Å²) in [5.41, 5.74) is 0.375. The van der Waals surface area contributed by atoms with Crippen molar-refractivity contribution in [2.75, 3.05) is 0 Å². The van der Waals surface area contributed by atoms with Gasteiger partial charge in [0.25, 0.3) is 6.43 Å². The zero-order chi connectivity index (χ0) is 9.84. The number of aromatic nitrogens is 1. The maximum absolute atomic E-state index is 12.2. The van der Waals surface area contributed by atoms with E-state index in [-0.39, 0.29) is 17.1 Å². The standard InChI is InChI=1S/C8H8ClF2NO/c9-2-5-1-6(4-13)7(8(10)11)12-3-5/h1,3,8,13H,2,4H2. The van der Waals surface area contributed by atoms with Crippen LogP contribution in [0.25, 0.3) is 0 Å². The van der Waals surface area contributed by atoms with E-state index < -0.39 is 13.0 Å². The van der Waals surface area contributed by atoms with Gasteiger partial charge in [-0.2, -0.15) is 0 Å². The summed E-state index contributed by atoms with van der Waals surface area (Å²) < 4.78 is 24.5. The number of aliphatic hydroxyl groups is 1. The van der Waals surface area contributed by atoms with Crippen LogP contribution in [0.1, 0.15) is 23.2 Å². The average Bonchev–Trinajstić information content (AvgIpc) is 2.16. The van der Waals surface area contributed by atoms with E-state index in [9.17, 15) is 8.78 Å². The first-order chi connectivity index (χ1) is 6.19. The molecule has 0 unspecified atom stereocenters. The molecule has 0 saturated carbocycles. The fourth-order valence-corrected chi connectivity index (χ4v) is 1.11. The molecule has 1 rings (SSSR count). The maximum atomic E-state index is 12.2. The molecule has 1 heterocycles. The molecular weight excluding hydrogens is 200 g/mol. The van der Waals surface area contributed by atoms with Gasteiger partial charge < -0.3 is 5.11 Å². The Bertz CT molecular complexity index is 293. The molecular formula is C8H8ClF2NO. The topological polar surface area (TPSA) is 33.1 Å². The van der Waals surface area contributed by atoms with Crippen LogP contribution < -0.4 is 0 Å². The second kappa shape index (κ2) is 4.48. The minimum absolute atomic E-state index is 0.133. The molecule has 0 radical (unpaired) electrons. The zero-order valence-corrected chi connectivity index (χ0v) is 7.43. The first kappa shape index (κ1) is 10.3. The Hall–Kier alpha value is -0.740. The summed E-state index contributed by atoms with van der Waals surface area (Å²) in [6.07, 6.45) is -1.38. The van der Waals surface area contributed by atoms with E-state index in [0.717, 1.165) is 0 Å². The number of aliphatic hydroxyl groups excluding tert-OH is 1. The third-order valence-corrected chi connectivity index (χ3v) is 1.90. The second-order valence-electron chi connectivity index (χ2n) is 2.48. The molecule has 1 aromatic rings. The molecule has 0 aromatic carbocycles. The van der Waals surface area contributed by atoms with Crippen LogP contribution >= 0.6 is 11.6 Å². The number of pyridine rings is 1. The fraction of sp³-hybridized carbons (Fsp3) is 0.375. The first-order valence-electron chi connectivity index (χ1n) is 3.61. The van der Waals surface area contributed by atoms with E-state index >= 15 is 0 Å². The summed E-state index contributed by atoms with van der Waals surface area (Å²) >= 11 is 5.48. The molecule has 13 heavy (non-hydrogen) atoms. The molecule has 72 valence electrons. The van der Waals surface area contributed by atoms with E-state index in [1.807, 2.05) is 0 Å². The molecule has 0 spiro atoms. The monoisotopic (exact) mass is 207 g/mol. The molecule has 0 saturated heterocycles. The maximum Gasteiger partial charge on any atom is 0.280 e. The quantitative estimate of drug-likeness (QED) is 0.772. The molecule has 0 aliphatic rings. The Morgan fingerprint density at radius 3 is 2.69 bits per heavy atom. The number of hydrogen-bond donors (Lipinski definition) is 1. The van der Waals surface area contributed by atoms with Crippen LogP contribution in [0.3, 0.4) is 0 Å². The number of nitrogens with zero attached hydrogens (tertiary/aromatic N) is 1. The molecule has 0 amide bonds. The number of hydrogen-bond acceptors (Lipinski definition) is 2. The minimum atomic E-state index is -2.66. The van der Waals surface area contributed by atoms with E-state index in [4.69, 9.17) is 16.7 Å². The summed E-state index contributed by atoms with van der Waals surface area (Å²) in [5.74, 6) is 0.198. The number of alkyl halides is 3. The summed E-state index contributed by atoms with van der Waals surface area (Å²) in [7, 11) is 0. The Balaban J connectivity index is 3.08. The summed E-state index contributed by atoms with van der Waals surface area (Å²) in [5, 5.41) is 8.77. The highest BCUT2D eigenvalue weighted by Gasteiger charge is 2.14. The summed E-state index contributed by atoms with van der Waals surface area (Å²) in [4.78, 5) is 3.53. The lowest BCUT2D eigenvalue weighted by Crippen LogP contribution is -1.99. The van der Waals surface area contributed by atoms with Crippen LogP contribution in [0, 0.1) is 0 Å². The molecule has 2 nitrogen and oxygen atoms in total. The van der Waals surface area contributed by atoms with Crippen molar-refractivity contribution in [1.29, 1.82) is 0 Å². The van der Waals surface area contributed by atoms with Crippen molar-refractivity contribution in [1.82, 2.24) is 4.98 Å². The average molecular weight is 208 g/mol. The first-order valence-corrected chi connectivity index (χ1v) is 4.15. The third-order valence-electron chi connectivity index (χ3n) is 1.59. The van der Waals surface area contributed by atoms with Crippen molar-refractivity contribution in [2.24, 2.45) is 0 Å². The molecule has 0 aliphatic heterocycles. The smallest absolute Gasteiger partial charge is 0.280 e. The van der Waals surface area contributed by atoms with Gasteiger partial charge >= 0.3 is 0 Å². The van der Waals surface area contributed by atoms with Gasteiger partial charge in [0, 0.05) is 17.6 Å². The van der Waals surface area contributed by atoms with Crippen molar-refractivity contribution in [3.63, 3.8) is 0 Å². The molecule has 5 heteroatoms. The molecule has 1 aromatic heterocycles. The van der Waals surface area contributed by atoms with Gasteiger partial charge in [-0.25, -0.2) is 8.78 Å². The molecule has 0 fully saturated rings. The minimum Gasteiger partial charge on any atom is -0.392 e. The highest BCUT2D eigenvalue weighted by atomic mass is 35.5. The molecule has 0 atom stereocenters. The van der Waals surface area contributed by atoms with E-state index in [0.29, 0.717) is 5.56 Å². The third kappa shape index (κ3) is 2.35.